The van der Waals surface area contributed by atoms with Crippen molar-refractivity contribution in [2.45, 2.75) is 45.4 Å². The van der Waals surface area contributed by atoms with Crippen molar-refractivity contribution in [1.82, 2.24) is 5.43 Å². The van der Waals surface area contributed by atoms with E-state index in [9.17, 15) is 0 Å². The van der Waals surface area contributed by atoms with Gasteiger partial charge in [0.25, 0.3) is 0 Å². The monoisotopic (exact) mass is 213 g/mol. The summed E-state index contributed by atoms with van der Waals surface area (Å²) in [6.07, 6.45) is 7.39. The first kappa shape index (κ1) is 11.4. The summed E-state index contributed by atoms with van der Waals surface area (Å²) in [5.74, 6) is 0.906. The third-order valence-electron chi connectivity index (χ3n) is 2.70. The van der Waals surface area contributed by atoms with Crippen molar-refractivity contribution >= 4 is 23.0 Å². The van der Waals surface area contributed by atoms with Crippen molar-refractivity contribution in [2.75, 3.05) is 0 Å². The molecule has 1 rings (SSSR count). The molecule has 0 amide bonds. The predicted molar refractivity (Wildman–Crippen MR) is 64.2 cm³/mol. The van der Waals surface area contributed by atoms with Crippen LogP contribution >= 0.6 is 12.2 Å². The quantitative estimate of drug-likeness (QED) is 0.558. The van der Waals surface area contributed by atoms with E-state index in [2.05, 4.69) is 29.7 Å². The Morgan fingerprint density at radius 2 is 2.21 bits per heavy atom. The highest BCUT2D eigenvalue weighted by molar-refractivity contribution is 7.80. The molecule has 14 heavy (non-hydrogen) atoms. The molecule has 80 valence electrons. The summed E-state index contributed by atoms with van der Waals surface area (Å²) in [4.78, 5) is 0. The van der Waals surface area contributed by atoms with Gasteiger partial charge in [0.2, 0.25) is 0 Å². The fourth-order valence-electron chi connectivity index (χ4n) is 1.95. The molecule has 0 unspecified atom stereocenters. The molecule has 0 heterocycles. The van der Waals surface area contributed by atoms with Gasteiger partial charge in [0, 0.05) is 5.71 Å². The van der Waals surface area contributed by atoms with Crippen molar-refractivity contribution in [3.05, 3.63) is 0 Å². The summed E-state index contributed by atoms with van der Waals surface area (Å²) >= 11 is 4.69. The Kier molecular flexibility index (Phi) is 4.87. The minimum Gasteiger partial charge on any atom is -0.375 e. The SMILES string of the molecule is CCCC1CCC(=NNC(N)=S)CC1. The van der Waals surface area contributed by atoms with E-state index >= 15 is 0 Å². The molecule has 0 saturated heterocycles. The van der Waals surface area contributed by atoms with E-state index in [-0.39, 0.29) is 5.11 Å². The summed E-state index contributed by atoms with van der Waals surface area (Å²) in [5, 5.41) is 4.44. The molecular formula is C10H19N3S. The fraction of sp³-hybridized carbons (Fsp3) is 0.800. The van der Waals surface area contributed by atoms with Crippen LogP contribution in [-0.2, 0) is 0 Å². The van der Waals surface area contributed by atoms with E-state index in [0.29, 0.717) is 0 Å². The van der Waals surface area contributed by atoms with E-state index in [1.54, 1.807) is 0 Å². The van der Waals surface area contributed by atoms with Crippen LogP contribution in [0.5, 0.6) is 0 Å². The minimum absolute atomic E-state index is 0.258. The van der Waals surface area contributed by atoms with Crippen LogP contribution < -0.4 is 11.2 Å². The highest BCUT2D eigenvalue weighted by Gasteiger charge is 2.16. The summed E-state index contributed by atoms with van der Waals surface area (Å²) in [5.41, 5.74) is 9.17. The normalized spacial score (nSPS) is 21.8. The van der Waals surface area contributed by atoms with Gasteiger partial charge in [0.15, 0.2) is 5.11 Å². The summed E-state index contributed by atoms with van der Waals surface area (Å²) in [7, 11) is 0. The van der Waals surface area contributed by atoms with Crippen molar-refractivity contribution in [2.24, 2.45) is 16.8 Å². The van der Waals surface area contributed by atoms with E-state index in [1.165, 1.54) is 31.4 Å². The lowest BCUT2D eigenvalue weighted by Crippen LogP contribution is -2.26. The zero-order valence-electron chi connectivity index (χ0n) is 8.75. The lowest BCUT2D eigenvalue weighted by atomic mass is 9.85. The van der Waals surface area contributed by atoms with Gasteiger partial charge in [0.1, 0.15) is 0 Å². The Morgan fingerprint density at radius 1 is 1.57 bits per heavy atom. The second kappa shape index (κ2) is 5.96. The smallest absolute Gasteiger partial charge is 0.184 e. The molecule has 1 saturated carbocycles. The van der Waals surface area contributed by atoms with Crippen molar-refractivity contribution in [1.29, 1.82) is 0 Å². The van der Waals surface area contributed by atoms with Crippen molar-refractivity contribution in [3.8, 4) is 0 Å². The minimum atomic E-state index is 0.258. The molecule has 1 aliphatic rings. The molecular weight excluding hydrogens is 194 g/mol. The number of nitrogens with zero attached hydrogens (tertiary/aromatic N) is 1. The van der Waals surface area contributed by atoms with E-state index < -0.39 is 0 Å². The summed E-state index contributed by atoms with van der Waals surface area (Å²) in [6, 6.07) is 0. The van der Waals surface area contributed by atoms with Gasteiger partial charge in [-0.05, 0) is 43.8 Å². The van der Waals surface area contributed by atoms with Crippen molar-refractivity contribution in [3.63, 3.8) is 0 Å². The van der Waals surface area contributed by atoms with Gasteiger partial charge in [-0.3, -0.25) is 5.43 Å². The maximum Gasteiger partial charge on any atom is 0.184 e. The molecule has 1 aliphatic carbocycles. The van der Waals surface area contributed by atoms with Gasteiger partial charge < -0.3 is 5.73 Å². The van der Waals surface area contributed by atoms with E-state index in [1.807, 2.05) is 0 Å². The van der Waals surface area contributed by atoms with Crippen LogP contribution in [0.1, 0.15) is 45.4 Å². The first-order valence-electron chi connectivity index (χ1n) is 5.33. The zero-order valence-corrected chi connectivity index (χ0v) is 9.57. The maximum absolute atomic E-state index is 5.30. The van der Waals surface area contributed by atoms with Crippen molar-refractivity contribution < 1.29 is 0 Å². The number of nitrogens with two attached hydrogens (primary N) is 1. The fourth-order valence-corrected chi connectivity index (χ4v) is 2.00. The number of hydrogen-bond donors (Lipinski definition) is 2. The van der Waals surface area contributed by atoms with Gasteiger partial charge in [0.05, 0.1) is 0 Å². The molecule has 3 N–H and O–H groups in total. The molecule has 0 radical (unpaired) electrons. The van der Waals surface area contributed by atoms with Crippen LogP contribution in [0.2, 0.25) is 0 Å². The van der Waals surface area contributed by atoms with Gasteiger partial charge in [-0.2, -0.15) is 5.10 Å². The Labute approximate surface area is 91.1 Å². The average Bonchev–Trinajstić information content (AvgIpc) is 2.17. The molecule has 0 aromatic carbocycles. The topological polar surface area (TPSA) is 50.4 Å². The molecule has 4 heteroatoms. The molecule has 3 nitrogen and oxygen atoms in total. The molecule has 0 atom stereocenters. The van der Waals surface area contributed by atoms with Crippen LogP contribution in [0.4, 0.5) is 0 Å². The number of hydrazone groups is 1. The lowest BCUT2D eigenvalue weighted by molar-refractivity contribution is 0.408. The number of hydrogen-bond acceptors (Lipinski definition) is 2. The van der Waals surface area contributed by atoms with E-state index in [4.69, 9.17) is 5.73 Å². The Hall–Kier alpha value is -0.640. The first-order chi connectivity index (χ1) is 6.72. The number of thiocarbonyl (C=S) groups is 1. The Balaban J connectivity index is 2.28. The highest BCUT2D eigenvalue weighted by Crippen LogP contribution is 2.25. The largest absolute Gasteiger partial charge is 0.375 e. The first-order valence-corrected chi connectivity index (χ1v) is 5.74. The van der Waals surface area contributed by atoms with Gasteiger partial charge in [-0.15, -0.1) is 0 Å². The lowest BCUT2D eigenvalue weighted by Gasteiger charge is -2.22. The predicted octanol–water partition coefficient (Wildman–Crippen LogP) is 2.17. The van der Waals surface area contributed by atoms with Crippen LogP contribution in [0.3, 0.4) is 0 Å². The molecule has 0 spiro atoms. The van der Waals surface area contributed by atoms with Crippen LogP contribution in [0.25, 0.3) is 0 Å². The average molecular weight is 213 g/mol. The Morgan fingerprint density at radius 3 is 2.71 bits per heavy atom. The number of nitrogens with one attached hydrogen (secondary N) is 1. The molecule has 0 aromatic heterocycles. The van der Waals surface area contributed by atoms with Crippen LogP contribution in [0.15, 0.2) is 5.10 Å². The molecule has 0 bridgehead atoms. The maximum atomic E-state index is 5.30. The molecule has 0 aromatic rings. The second-order valence-electron chi connectivity index (χ2n) is 3.89. The third kappa shape index (κ3) is 4.05. The van der Waals surface area contributed by atoms with Gasteiger partial charge in [-0.25, -0.2) is 0 Å². The summed E-state index contributed by atoms with van der Waals surface area (Å²) < 4.78 is 0. The van der Waals surface area contributed by atoms with Gasteiger partial charge in [-0.1, -0.05) is 19.8 Å². The zero-order chi connectivity index (χ0) is 10.4. The second-order valence-corrected chi connectivity index (χ2v) is 4.33. The highest BCUT2D eigenvalue weighted by atomic mass is 32.1. The standard InChI is InChI=1S/C10H19N3S/c1-2-3-8-4-6-9(7-5-8)12-13-10(11)14/h8H,2-7H2,1H3,(H3,11,13,14). The Bertz CT molecular complexity index is 215. The number of rotatable bonds is 3. The summed E-state index contributed by atoms with van der Waals surface area (Å²) in [6.45, 7) is 2.25. The van der Waals surface area contributed by atoms with E-state index in [0.717, 1.165) is 18.8 Å². The molecule has 1 fully saturated rings. The third-order valence-corrected chi connectivity index (χ3v) is 2.79. The van der Waals surface area contributed by atoms with Gasteiger partial charge >= 0.3 is 0 Å². The van der Waals surface area contributed by atoms with Crippen LogP contribution in [0, 0.1) is 5.92 Å². The molecule has 0 aliphatic heterocycles. The van der Waals surface area contributed by atoms with Crippen LogP contribution in [-0.4, -0.2) is 10.8 Å².